The molecule has 1 aliphatic heterocycles. The van der Waals surface area contributed by atoms with Crippen molar-refractivity contribution < 1.29 is 14.4 Å². The van der Waals surface area contributed by atoms with E-state index in [0.717, 1.165) is 35.1 Å². The van der Waals surface area contributed by atoms with Gasteiger partial charge in [-0.3, -0.25) is 24.3 Å². The van der Waals surface area contributed by atoms with Crippen molar-refractivity contribution in [1.29, 1.82) is 0 Å². The highest BCUT2D eigenvalue weighted by Gasteiger charge is 2.57. The monoisotopic (exact) mass is 467 g/mol. The molecule has 0 unspecified atom stereocenters. The van der Waals surface area contributed by atoms with E-state index >= 15 is 0 Å². The van der Waals surface area contributed by atoms with Gasteiger partial charge in [0.15, 0.2) is 0 Å². The van der Waals surface area contributed by atoms with Gasteiger partial charge >= 0.3 is 0 Å². The average molecular weight is 468 g/mol. The number of likely N-dealkylation sites (tertiary alicyclic amines) is 1. The van der Waals surface area contributed by atoms with Crippen molar-refractivity contribution in [3.05, 3.63) is 90.3 Å². The minimum atomic E-state index is -1.17. The second-order valence-electron chi connectivity index (χ2n) is 9.44. The highest BCUT2D eigenvalue weighted by atomic mass is 16.2. The summed E-state index contributed by atoms with van der Waals surface area (Å²) < 4.78 is 0. The zero-order chi connectivity index (χ0) is 24.4. The van der Waals surface area contributed by atoms with E-state index in [9.17, 15) is 14.4 Å². The minimum absolute atomic E-state index is 0.0188. The van der Waals surface area contributed by atoms with Crippen LogP contribution in [0.2, 0.25) is 0 Å². The van der Waals surface area contributed by atoms with Crippen molar-refractivity contribution in [3.8, 4) is 11.1 Å². The molecule has 2 aromatic carbocycles. The lowest BCUT2D eigenvalue weighted by atomic mass is 9.75. The molecule has 1 aromatic heterocycles. The van der Waals surface area contributed by atoms with Crippen LogP contribution in [0.1, 0.15) is 43.7 Å². The van der Waals surface area contributed by atoms with Crippen molar-refractivity contribution in [2.75, 3.05) is 6.54 Å². The van der Waals surface area contributed by atoms with Crippen LogP contribution in [-0.2, 0) is 26.3 Å². The molecule has 2 aliphatic rings. The number of pyridine rings is 1. The molecule has 0 radical (unpaired) electrons. The number of hydrogen-bond acceptors (Lipinski definition) is 4. The third-order valence-electron chi connectivity index (χ3n) is 7.12. The number of amides is 3. The third kappa shape index (κ3) is 4.48. The fourth-order valence-electron chi connectivity index (χ4n) is 5.00. The molecule has 6 nitrogen and oxygen atoms in total. The molecule has 3 amide bonds. The first-order chi connectivity index (χ1) is 17.0. The number of rotatable bonds is 8. The molecule has 3 aromatic rings. The lowest BCUT2D eigenvalue weighted by Crippen LogP contribution is -2.44. The van der Waals surface area contributed by atoms with Crippen LogP contribution < -0.4 is 0 Å². The Morgan fingerprint density at radius 2 is 1.63 bits per heavy atom. The number of carbonyl (C=O) groups is 3. The Labute approximate surface area is 205 Å². The summed E-state index contributed by atoms with van der Waals surface area (Å²) in [7, 11) is 0. The Bertz CT molecular complexity index is 1220. The molecule has 1 saturated carbocycles. The van der Waals surface area contributed by atoms with E-state index in [1.807, 2.05) is 73.7 Å². The Kier molecular flexibility index (Phi) is 6.20. The van der Waals surface area contributed by atoms with Crippen molar-refractivity contribution in [2.45, 2.75) is 50.6 Å². The highest BCUT2D eigenvalue weighted by molar-refractivity contribution is 6.11. The summed E-state index contributed by atoms with van der Waals surface area (Å²) in [5.41, 5.74) is 2.64. The van der Waals surface area contributed by atoms with Gasteiger partial charge in [-0.2, -0.15) is 0 Å². The predicted molar refractivity (Wildman–Crippen MR) is 133 cm³/mol. The summed E-state index contributed by atoms with van der Waals surface area (Å²) in [4.78, 5) is 47.6. The molecule has 1 saturated heterocycles. The smallest absolute Gasteiger partial charge is 0.241 e. The summed E-state index contributed by atoms with van der Waals surface area (Å²) in [5, 5.41) is 0. The van der Waals surface area contributed by atoms with Gasteiger partial charge in [0.2, 0.25) is 17.7 Å². The first-order valence-electron chi connectivity index (χ1n) is 12.2. The van der Waals surface area contributed by atoms with Gasteiger partial charge in [0.1, 0.15) is 0 Å². The fraction of sp³-hybridized carbons (Fsp3) is 0.310. The van der Waals surface area contributed by atoms with E-state index in [1.165, 1.54) is 4.90 Å². The molecule has 0 bridgehead atoms. The van der Waals surface area contributed by atoms with Gasteiger partial charge in [0.05, 0.1) is 5.41 Å². The Balaban J connectivity index is 1.47. The topological polar surface area (TPSA) is 70.6 Å². The minimum Gasteiger partial charge on any atom is -0.339 e. The van der Waals surface area contributed by atoms with Crippen molar-refractivity contribution in [3.63, 3.8) is 0 Å². The Morgan fingerprint density at radius 3 is 2.26 bits per heavy atom. The molecule has 5 rings (SSSR count). The normalized spacial score (nSPS) is 19.7. The lowest BCUT2D eigenvalue weighted by Gasteiger charge is -2.30. The van der Waals surface area contributed by atoms with Gasteiger partial charge in [-0.25, -0.2) is 0 Å². The summed E-state index contributed by atoms with van der Waals surface area (Å²) in [5.74, 6) is -0.532. The number of imide groups is 1. The Hall–Kier alpha value is -3.80. The maximum Gasteiger partial charge on any atom is 0.241 e. The maximum absolute atomic E-state index is 13.8. The van der Waals surface area contributed by atoms with Crippen molar-refractivity contribution in [2.24, 2.45) is 0 Å². The molecule has 0 N–H and O–H groups in total. The first kappa shape index (κ1) is 23.0. The van der Waals surface area contributed by atoms with Crippen LogP contribution in [0.4, 0.5) is 0 Å². The highest BCUT2D eigenvalue weighted by Crippen LogP contribution is 2.45. The number of hydrogen-bond donors (Lipinski definition) is 0. The van der Waals surface area contributed by atoms with Gasteiger partial charge in [-0.1, -0.05) is 54.6 Å². The SMILES string of the molecule is CCN(Cc1ccncc1)C(=O)C[C@@]1(c2ccc(-c3ccccc3)cc2)CC(=O)N(C2CC2)C1=O. The van der Waals surface area contributed by atoms with Crippen LogP contribution in [0.15, 0.2) is 79.1 Å². The fourth-order valence-corrected chi connectivity index (χ4v) is 5.00. The van der Waals surface area contributed by atoms with E-state index in [0.29, 0.717) is 13.1 Å². The van der Waals surface area contributed by atoms with E-state index < -0.39 is 5.41 Å². The lowest BCUT2D eigenvalue weighted by molar-refractivity contribution is -0.143. The predicted octanol–water partition coefficient (Wildman–Crippen LogP) is 4.35. The third-order valence-corrected chi connectivity index (χ3v) is 7.12. The van der Waals surface area contributed by atoms with E-state index in [-0.39, 0.29) is 36.6 Å². The molecular weight excluding hydrogens is 438 g/mol. The van der Waals surface area contributed by atoms with E-state index in [2.05, 4.69) is 4.98 Å². The van der Waals surface area contributed by atoms with Crippen LogP contribution in [0.3, 0.4) is 0 Å². The van der Waals surface area contributed by atoms with E-state index in [1.54, 1.807) is 17.3 Å². The Morgan fingerprint density at radius 1 is 0.971 bits per heavy atom. The molecule has 178 valence electrons. The van der Waals surface area contributed by atoms with Crippen LogP contribution in [0, 0.1) is 0 Å². The standard InChI is InChI=1S/C29H29N3O3/c1-2-31(20-21-14-16-30-17-15-21)26(33)18-29(19-27(34)32(28(29)35)25-12-13-25)24-10-8-23(9-11-24)22-6-4-3-5-7-22/h3-11,14-17,25H,2,12-13,18-20H2,1H3/t29-/m0/s1. The molecule has 2 heterocycles. The second-order valence-corrected chi connectivity index (χ2v) is 9.44. The average Bonchev–Trinajstić information content (AvgIpc) is 3.69. The summed E-state index contributed by atoms with van der Waals surface area (Å²) in [6.07, 6.45) is 5.11. The quantitative estimate of drug-likeness (QED) is 0.462. The molecule has 0 spiro atoms. The second kappa shape index (κ2) is 9.45. The molecular formula is C29H29N3O3. The van der Waals surface area contributed by atoms with Gasteiger partial charge < -0.3 is 4.90 Å². The zero-order valence-electron chi connectivity index (χ0n) is 19.9. The molecule has 1 aliphatic carbocycles. The van der Waals surface area contributed by atoms with E-state index in [4.69, 9.17) is 0 Å². The van der Waals surface area contributed by atoms with Crippen molar-refractivity contribution >= 4 is 17.7 Å². The number of aromatic nitrogens is 1. The molecule has 35 heavy (non-hydrogen) atoms. The maximum atomic E-state index is 13.8. The molecule has 1 atom stereocenters. The number of carbonyl (C=O) groups excluding carboxylic acids is 3. The zero-order valence-corrected chi connectivity index (χ0v) is 19.9. The first-order valence-corrected chi connectivity index (χ1v) is 12.2. The van der Waals surface area contributed by atoms with Crippen LogP contribution in [0.5, 0.6) is 0 Å². The summed E-state index contributed by atoms with van der Waals surface area (Å²) in [6.45, 7) is 2.88. The van der Waals surface area contributed by atoms with Gasteiger partial charge in [0, 0.05) is 44.4 Å². The van der Waals surface area contributed by atoms with Gasteiger partial charge in [0.25, 0.3) is 0 Å². The number of benzene rings is 2. The van der Waals surface area contributed by atoms with Crippen LogP contribution in [0.25, 0.3) is 11.1 Å². The van der Waals surface area contributed by atoms with Crippen molar-refractivity contribution in [1.82, 2.24) is 14.8 Å². The summed E-state index contributed by atoms with van der Waals surface area (Å²) >= 11 is 0. The summed E-state index contributed by atoms with van der Waals surface area (Å²) in [6, 6.07) is 21.5. The van der Waals surface area contributed by atoms with Gasteiger partial charge in [-0.05, 0) is 54.2 Å². The molecule has 6 heteroatoms. The van der Waals surface area contributed by atoms with Crippen LogP contribution in [-0.4, -0.2) is 45.1 Å². The largest absolute Gasteiger partial charge is 0.339 e. The van der Waals surface area contributed by atoms with Crippen LogP contribution >= 0.6 is 0 Å². The molecule has 2 fully saturated rings. The van der Waals surface area contributed by atoms with Gasteiger partial charge in [-0.15, -0.1) is 0 Å². The number of nitrogens with zero attached hydrogens (tertiary/aromatic N) is 3.